The summed E-state index contributed by atoms with van der Waals surface area (Å²) in [6.07, 6.45) is -3.01. The van der Waals surface area contributed by atoms with Crippen LogP contribution in [0.4, 0.5) is 4.79 Å². The fourth-order valence-electron chi connectivity index (χ4n) is 0.640. The summed E-state index contributed by atoms with van der Waals surface area (Å²) in [6.45, 7) is 4.82. The van der Waals surface area contributed by atoms with Gasteiger partial charge in [-0.3, -0.25) is 4.79 Å². The lowest BCUT2D eigenvalue weighted by Gasteiger charge is -2.20. The Kier molecular flexibility index (Phi) is 8.41. The molecule has 0 aromatic rings. The first-order valence-electron chi connectivity index (χ1n) is 4.51. The molecule has 0 rings (SSSR count). The second-order valence-corrected chi connectivity index (χ2v) is 3.91. The summed E-state index contributed by atoms with van der Waals surface area (Å²) >= 11 is 0. The summed E-state index contributed by atoms with van der Waals surface area (Å²) in [7, 11) is 0. The molecule has 0 radical (unpaired) electrons. The molecule has 0 spiro atoms. The zero-order valence-electron chi connectivity index (χ0n) is 9.51. The van der Waals surface area contributed by atoms with Crippen molar-refractivity contribution in [3.63, 3.8) is 0 Å². The zero-order valence-corrected chi connectivity index (χ0v) is 9.51. The van der Waals surface area contributed by atoms with Gasteiger partial charge in [0, 0.05) is 0 Å². The molecule has 0 saturated heterocycles. The maximum Gasteiger partial charge on any atom is 0.503 e. The number of carbonyl (C=O) groups is 2. The van der Waals surface area contributed by atoms with Gasteiger partial charge in [-0.05, 0) is 20.8 Å². The van der Waals surface area contributed by atoms with Gasteiger partial charge in [0.15, 0.2) is 0 Å². The van der Waals surface area contributed by atoms with Gasteiger partial charge in [0.05, 0.1) is 19.1 Å². The number of hydrogen-bond donors (Lipinski definition) is 4. The predicted molar refractivity (Wildman–Crippen MR) is 54.2 cm³/mol. The van der Waals surface area contributed by atoms with Gasteiger partial charge in [-0.2, -0.15) is 0 Å². The second-order valence-electron chi connectivity index (χ2n) is 3.91. The molecule has 7 nitrogen and oxygen atoms in total. The van der Waals surface area contributed by atoms with E-state index < -0.39 is 30.4 Å². The monoisotopic (exact) mass is 238 g/mol. The summed E-state index contributed by atoms with van der Waals surface area (Å²) < 4.78 is 4.90. The Hall–Kier alpha value is -1.34. The highest BCUT2D eigenvalue weighted by Crippen LogP contribution is 2.08. The maximum atomic E-state index is 10.9. The summed E-state index contributed by atoms with van der Waals surface area (Å²) in [6, 6.07) is 0. The van der Waals surface area contributed by atoms with E-state index in [0.717, 1.165) is 0 Å². The molecule has 0 heterocycles. The van der Waals surface area contributed by atoms with E-state index in [1.165, 1.54) is 0 Å². The van der Waals surface area contributed by atoms with E-state index in [2.05, 4.69) is 0 Å². The molecule has 0 aliphatic heterocycles. The molecule has 0 fully saturated rings. The molecule has 1 atom stereocenters. The lowest BCUT2D eigenvalue weighted by atomic mass is 10.2. The molecule has 96 valence electrons. The lowest BCUT2D eigenvalue weighted by molar-refractivity contribution is -0.157. The first kappa shape index (κ1) is 17.1. The van der Waals surface area contributed by atoms with E-state index in [0.29, 0.717) is 0 Å². The number of esters is 1. The predicted octanol–water partition coefficient (Wildman–Crippen LogP) is 0.294. The topological polar surface area (TPSA) is 124 Å². The van der Waals surface area contributed by atoms with Crippen LogP contribution in [0.3, 0.4) is 0 Å². The van der Waals surface area contributed by atoms with Crippen molar-refractivity contribution in [1.29, 1.82) is 0 Å². The molecule has 0 aliphatic rings. The van der Waals surface area contributed by atoms with E-state index in [4.69, 9.17) is 30.0 Å². The average molecular weight is 238 g/mol. The minimum Gasteiger partial charge on any atom is -0.460 e. The molecule has 0 amide bonds. The summed E-state index contributed by atoms with van der Waals surface area (Å²) in [5, 5.41) is 31.2. The van der Waals surface area contributed by atoms with Gasteiger partial charge < -0.3 is 25.2 Å². The van der Waals surface area contributed by atoms with E-state index in [-0.39, 0.29) is 6.42 Å². The van der Waals surface area contributed by atoms with Crippen LogP contribution in [0.1, 0.15) is 27.2 Å². The van der Waals surface area contributed by atoms with Crippen LogP contribution in [-0.4, -0.2) is 50.9 Å². The average Bonchev–Trinajstić information content (AvgIpc) is 1.98. The van der Waals surface area contributed by atoms with Crippen LogP contribution in [0.25, 0.3) is 0 Å². The van der Waals surface area contributed by atoms with Crippen LogP contribution < -0.4 is 0 Å². The Labute approximate surface area is 93.3 Å². The van der Waals surface area contributed by atoms with Crippen LogP contribution in [-0.2, 0) is 9.53 Å². The Morgan fingerprint density at radius 2 is 1.62 bits per heavy atom. The fraction of sp³-hybridized carbons (Fsp3) is 0.778. The lowest BCUT2D eigenvalue weighted by Crippen LogP contribution is -2.27. The minimum atomic E-state index is -1.83. The fourth-order valence-corrected chi connectivity index (χ4v) is 0.640. The van der Waals surface area contributed by atoms with Crippen LogP contribution >= 0.6 is 0 Å². The van der Waals surface area contributed by atoms with Gasteiger partial charge in [-0.1, -0.05) is 0 Å². The number of aliphatic hydroxyl groups excluding tert-OH is 2. The van der Waals surface area contributed by atoms with Crippen LogP contribution in [0.5, 0.6) is 0 Å². The first-order valence-corrected chi connectivity index (χ1v) is 4.51. The van der Waals surface area contributed by atoms with Gasteiger partial charge >= 0.3 is 12.1 Å². The standard InChI is InChI=1S/C8H16O4.CH2O3/c1-8(2,3)12-7(11)4-6(10)5-9;2-1(3)4/h6,9-10H,4-5H2,1-3H3;(H2,2,3,4). The molecule has 7 heteroatoms. The van der Waals surface area contributed by atoms with Gasteiger partial charge in [0.25, 0.3) is 0 Å². The smallest absolute Gasteiger partial charge is 0.460 e. The number of carbonyl (C=O) groups excluding carboxylic acids is 1. The molecule has 0 bridgehead atoms. The molecule has 0 aliphatic carbocycles. The molecule has 16 heavy (non-hydrogen) atoms. The molecule has 0 saturated carbocycles. The van der Waals surface area contributed by atoms with Crippen molar-refractivity contribution in [1.82, 2.24) is 0 Å². The summed E-state index contributed by atoms with van der Waals surface area (Å²) in [5.74, 6) is -0.496. The summed E-state index contributed by atoms with van der Waals surface area (Å²) in [4.78, 5) is 19.5. The molecule has 0 aromatic carbocycles. The van der Waals surface area contributed by atoms with Crippen molar-refractivity contribution < 1.29 is 34.8 Å². The van der Waals surface area contributed by atoms with Crippen molar-refractivity contribution in [2.45, 2.75) is 38.9 Å². The Balaban J connectivity index is 0. The highest BCUT2D eigenvalue weighted by molar-refractivity contribution is 5.70. The number of ether oxygens (including phenoxy) is 1. The van der Waals surface area contributed by atoms with Crippen LogP contribution in [0.15, 0.2) is 0 Å². The Bertz CT molecular complexity index is 214. The Morgan fingerprint density at radius 1 is 1.25 bits per heavy atom. The van der Waals surface area contributed by atoms with Gasteiger partial charge in [-0.15, -0.1) is 0 Å². The van der Waals surface area contributed by atoms with Crippen molar-refractivity contribution in [2.24, 2.45) is 0 Å². The summed E-state index contributed by atoms with van der Waals surface area (Å²) in [5.41, 5.74) is -0.535. The number of rotatable bonds is 3. The minimum absolute atomic E-state index is 0.159. The largest absolute Gasteiger partial charge is 0.503 e. The molecular weight excluding hydrogens is 220 g/mol. The van der Waals surface area contributed by atoms with Gasteiger partial charge in [0.1, 0.15) is 5.60 Å². The first-order chi connectivity index (χ1) is 7.08. The highest BCUT2D eigenvalue weighted by Gasteiger charge is 2.18. The van der Waals surface area contributed by atoms with Crippen molar-refractivity contribution in [3.05, 3.63) is 0 Å². The third-order valence-corrected chi connectivity index (χ3v) is 1.03. The maximum absolute atomic E-state index is 10.9. The van der Waals surface area contributed by atoms with Crippen molar-refractivity contribution in [2.75, 3.05) is 6.61 Å². The van der Waals surface area contributed by atoms with E-state index in [9.17, 15) is 4.79 Å². The van der Waals surface area contributed by atoms with Crippen molar-refractivity contribution in [3.8, 4) is 0 Å². The SMILES string of the molecule is CC(C)(C)OC(=O)CC(O)CO.O=C(O)O. The highest BCUT2D eigenvalue weighted by atomic mass is 16.6. The number of aliphatic hydroxyl groups is 2. The normalized spacial score (nSPS) is 12.1. The van der Waals surface area contributed by atoms with Crippen molar-refractivity contribution >= 4 is 12.1 Å². The third kappa shape index (κ3) is 18.4. The number of hydrogen-bond acceptors (Lipinski definition) is 5. The number of carboxylic acid groups (broad SMARTS) is 2. The van der Waals surface area contributed by atoms with E-state index in [1.807, 2.05) is 0 Å². The van der Waals surface area contributed by atoms with Gasteiger partial charge in [0.2, 0.25) is 0 Å². The second kappa shape index (κ2) is 7.89. The Morgan fingerprint density at radius 3 is 1.88 bits per heavy atom. The van der Waals surface area contributed by atoms with Crippen LogP contribution in [0, 0.1) is 0 Å². The molecular formula is C9H18O7. The molecule has 1 unspecified atom stereocenters. The molecule has 4 N–H and O–H groups in total. The van der Waals surface area contributed by atoms with Crippen LogP contribution in [0.2, 0.25) is 0 Å². The van der Waals surface area contributed by atoms with E-state index in [1.54, 1.807) is 20.8 Å². The van der Waals surface area contributed by atoms with E-state index >= 15 is 0 Å². The quantitative estimate of drug-likeness (QED) is 0.521. The third-order valence-electron chi connectivity index (χ3n) is 1.03. The molecule has 0 aromatic heterocycles. The van der Waals surface area contributed by atoms with Gasteiger partial charge in [-0.25, -0.2) is 4.79 Å². The zero-order chi connectivity index (χ0) is 13.4.